The number of methoxy groups -OCH3 is 1. The van der Waals surface area contributed by atoms with Gasteiger partial charge in [-0.1, -0.05) is 12.0 Å². The second-order valence-corrected chi connectivity index (χ2v) is 2.07. The lowest BCUT2D eigenvalue weighted by atomic mass is 10.3. The maximum atomic E-state index is 10.5. The van der Waals surface area contributed by atoms with E-state index in [4.69, 9.17) is 5.11 Å². The number of hydrogen-bond donors (Lipinski definition) is 1. The van der Waals surface area contributed by atoms with E-state index in [1.165, 1.54) is 13.2 Å². The van der Waals surface area contributed by atoms with Gasteiger partial charge in [-0.3, -0.25) is 0 Å². The zero-order valence-corrected chi connectivity index (χ0v) is 7.24. The minimum Gasteiger partial charge on any atom is -0.472 e. The first-order chi connectivity index (χ1) is 6.16. The van der Waals surface area contributed by atoms with Crippen LogP contribution in [0, 0.1) is 11.8 Å². The zero-order chi connectivity index (χ0) is 10.1. The van der Waals surface area contributed by atoms with Crippen LogP contribution in [0.15, 0.2) is 12.2 Å². The van der Waals surface area contributed by atoms with Gasteiger partial charge in [-0.2, -0.15) is 0 Å². The van der Waals surface area contributed by atoms with Crippen molar-refractivity contribution >= 4 is 11.9 Å². The maximum Gasteiger partial charge on any atom is 0.381 e. The van der Waals surface area contributed by atoms with Crippen molar-refractivity contribution in [3.05, 3.63) is 12.2 Å². The Labute approximate surface area is 76.2 Å². The predicted molar refractivity (Wildman–Crippen MR) is 45.8 cm³/mol. The summed E-state index contributed by atoms with van der Waals surface area (Å²) in [6.07, 6.45) is 3.82. The van der Waals surface area contributed by atoms with E-state index in [2.05, 4.69) is 10.7 Å². The van der Waals surface area contributed by atoms with Gasteiger partial charge in [0.1, 0.15) is 0 Å². The van der Waals surface area contributed by atoms with E-state index in [1.54, 1.807) is 6.08 Å². The minimum absolute atomic E-state index is 0.416. The Kier molecular flexibility index (Phi) is 5.98. The molecule has 0 rings (SSSR count). The van der Waals surface area contributed by atoms with E-state index in [-0.39, 0.29) is 0 Å². The molecule has 0 aliphatic heterocycles. The molecule has 0 unspecified atom stereocenters. The highest BCUT2D eigenvalue weighted by atomic mass is 16.5. The third-order valence-corrected chi connectivity index (χ3v) is 1.09. The van der Waals surface area contributed by atoms with E-state index >= 15 is 0 Å². The Balaban J connectivity index is 3.58. The topological polar surface area (TPSA) is 63.6 Å². The second kappa shape index (κ2) is 6.92. The number of aliphatic carboxylic acids is 1. The van der Waals surface area contributed by atoms with Crippen molar-refractivity contribution in [3.8, 4) is 11.8 Å². The zero-order valence-electron chi connectivity index (χ0n) is 7.24. The molecule has 0 saturated carbocycles. The molecule has 0 heterocycles. The average molecular weight is 182 g/mol. The van der Waals surface area contributed by atoms with Crippen LogP contribution in [0.25, 0.3) is 0 Å². The molecule has 0 radical (unpaired) electrons. The predicted octanol–water partition coefficient (Wildman–Crippen LogP) is 0.584. The van der Waals surface area contributed by atoms with Gasteiger partial charge in [-0.05, 0) is 6.42 Å². The lowest BCUT2D eigenvalue weighted by molar-refractivity contribution is -0.135. The first-order valence-electron chi connectivity index (χ1n) is 3.63. The molecule has 0 aliphatic carbocycles. The molecule has 0 bridgehead atoms. The third kappa shape index (κ3) is 8.14. The first kappa shape index (κ1) is 11.2. The van der Waals surface area contributed by atoms with Crippen molar-refractivity contribution in [2.24, 2.45) is 0 Å². The van der Waals surface area contributed by atoms with Gasteiger partial charge < -0.3 is 9.84 Å². The highest BCUT2D eigenvalue weighted by molar-refractivity contribution is 5.86. The fraction of sp³-hybridized carbons (Fsp3) is 0.333. The van der Waals surface area contributed by atoms with Crippen LogP contribution in [0.1, 0.15) is 12.8 Å². The van der Waals surface area contributed by atoms with Gasteiger partial charge in [-0.25, -0.2) is 9.59 Å². The van der Waals surface area contributed by atoms with Gasteiger partial charge in [0, 0.05) is 18.4 Å². The van der Waals surface area contributed by atoms with Crippen LogP contribution in [0.4, 0.5) is 0 Å². The summed E-state index contributed by atoms with van der Waals surface area (Å²) in [5.41, 5.74) is 0. The minimum atomic E-state index is -1.14. The number of allylic oxidation sites excluding steroid dienone is 1. The molecule has 0 aromatic rings. The van der Waals surface area contributed by atoms with Gasteiger partial charge in [0.2, 0.25) is 0 Å². The largest absolute Gasteiger partial charge is 0.472 e. The molecule has 0 spiro atoms. The molecule has 0 saturated heterocycles. The van der Waals surface area contributed by atoms with Crippen LogP contribution in [-0.2, 0) is 14.3 Å². The molecule has 0 aliphatic rings. The summed E-state index contributed by atoms with van der Waals surface area (Å²) in [5, 5.41) is 8.13. The molecule has 0 fully saturated rings. The lowest BCUT2D eigenvalue weighted by Gasteiger charge is -1.87. The van der Waals surface area contributed by atoms with Crippen molar-refractivity contribution < 1.29 is 19.4 Å². The van der Waals surface area contributed by atoms with Crippen molar-refractivity contribution in [2.75, 3.05) is 7.11 Å². The van der Waals surface area contributed by atoms with Crippen LogP contribution >= 0.6 is 0 Å². The summed E-state index contributed by atoms with van der Waals surface area (Å²) in [6, 6.07) is 0. The van der Waals surface area contributed by atoms with E-state index in [9.17, 15) is 9.59 Å². The van der Waals surface area contributed by atoms with E-state index in [0.29, 0.717) is 12.8 Å². The van der Waals surface area contributed by atoms with Crippen LogP contribution in [0.2, 0.25) is 0 Å². The number of carbonyl (C=O) groups excluding carboxylic acids is 1. The van der Waals surface area contributed by atoms with Crippen molar-refractivity contribution in [1.82, 2.24) is 0 Å². The van der Waals surface area contributed by atoms with E-state index in [0.717, 1.165) is 0 Å². The number of carboxylic acids is 1. The monoisotopic (exact) mass is 182 g/mol. The normalized spacial score (nSPS) is 9.00. The smallest absolute Gasteiger partial charge is 0.381 e. The van der Waals surface area contributed by atoms with Crippen molar-refractivity contribution in [1.29, 1.82) is 0 Å². The highest BCUT2D eigenvalue weighted by Crippen LogP contribution is 1.89. The Hall–Kier alpha value is -1.76. The molecule has 0 aromatic carbocycles. The molecule has 0 amide bonds. The number of esters is 1. The van der Waals surface area contributed by atoms with Gasteiger partial charge in [-0.15, -0.1) is 0 Å². The number of ether oxygens (including phenoxy) is 1. The number of carboxylic acid groups (broad SMARTS) is 1. The molecule has 4 heteroatoms. The first-order valence-corrected chi connectivity index (χ1v) is 3.63. The molecule has 4 nitrogen and oxygen atoms in total. The van der Waals surface area contributed by atoms with Gasteiger partial charge in [0.15, 0.2) is 0 Å². The molecular formula is C9H10O4. The van der Waals surface area contributed by atoms with Crippen LogP contribution in [0.3, 0.4) is 0 Å². The standard InChI is InChI=1S/C9H10O4/c1-13-9(12)7-5-3-2-4-6-8(10)11/h5,7H,2-3H2,1H3,(H,10,11)/b7-5+. The Morgan fingerprint density at radius 1 is 1.54 bits per heavy atom. The molecular weight excluding hydrogens is 172 g/mol. The van der Waals surface area contributed by atoms with Crippen LogP contribution in [-0.4, -0.2) is 24.2 Å². The lowest BCUT2D eigenvalue weighted by Crippen LogP contribution is -1.93. The summed E-state index contributed by atoms with van der Waals surface area (Å²) >= 11 is 0. The number of hydrogen-bond acceptors (Lipinski definition) is 3. The average Bonchev–Trinajstić information content (AvgIpc) is 2.10. The molecule has 0 atom stereocenters. The van der Waals surface area contributed by atoms with Crippen molar-refractivity contribution in [3.63, 3.8) is 0 Å². The Morgan fingerprint density at radius 3 is 2.77 bits per heavy atom. The second-order valence-electron chi connectivity index (χ2n) is 2.07. The summed E-state index contributed by atoms with van der Waals surface area (Å²) in [5.74, 6) is 2.82. The molecule has 70 valence electrons. The van der Waals surface area contributed by atoms with Crippen molar-refractivity contribution in [2.45, 2.75) is 12.8 Å². The fourth-order valence-corrected chi connectivity index (χ4v) is 0.541. The summed E-state index contributed by atoms with van der Waals surface area (Å²) in [6.45, 7) is 0. The Morgan fingerprint density at radius 2 is 2.23 bits per heavy atom. The number of rotatable bonds is 3. The third-order valence-electron chi connectivity index (χ3n) is 1.09. The van der Waals surface area contributed by atoms with Crippen LogP contribution < -0.4 is 0 Å². The summed E-state index contributed by atoms with van der Waals surface area (Å²) in [7, 11) is 1.29. The van der Waals surface area contributed by atoms with Gasteiger partial charge in [0.05, 0.1) is 7.11 Å². The van der Waals surface area contributed by atoms with Crippen LogP contribution in [0.5, 0.6) is 0 Å². The molecule has 1 N–H and O–H groups in total. The van der Waals surface area contributed by atoms with E-state index in [1.807, 2.05) is 5.92 Å². The highest BCUT2D eigenvalue weighted by Gasteiger charge is 1.88. The Bertz CT molecular complexity index is 267. The summed E-state index contributed by atoms with van der Waals surface area (Å²) in [4.78, 5) is 20.4. The molecule has 0 aromatic heterocycles. The number of carbonyl (C=O) groups is 2. The molecule has 13 heavy (non-hydrogen) atoms. The van der Waals surface area contributed by atoms with Gasteiger partial charge in [0.25, 0.3) is 0 Å². The fourth-order valence-electron chi connectivity index (χ4n) is 0.541. The quantitative estimate of drug-likeness (QED) is 0.300. The SMILES string of the molecule is COC(=O)/C=C/CCC#CC(=O)O. The van der Waals surface area contributed by atoms with E-state index < -0.39 is 11.9 Å². The maximum absolute atomic E-state index is 10.5. The summed E-state index contributed by atoms with van der Waals surface area (Å²) < 4.78 is 4.34. The van der Waals surface area contributed by atoms with Gasteiger partial charge >= 0.3 is 11.9 Å². The number of unbranched alkanes of at least 4 members (excludes halogenated alkanes) is 1.